The first-order valence-corrected chi connectivity index (χ1v) is 8.27. The summed E-state index contributed by atoms with van der Waals surface area (Å²) in [7, 11) is 1.53. The molecule has 0 aromatic carbocycles. The first-order chi connectivity index (χ1) is 9.69. The van der Waals surface area contributed by atoms with Gasteiger partial charge in [-0.25, -0.2) is 4.79 Å². The highest BCUT2D eigenvalue weighted by molar-refractivity contribution is 5.82. The van der Waals surface area contributed by atoms with Crippen LogP contribution in [-0.4, -0.2) is 49.2 Å². The zero-order valence-electron chi connectivity index (χ0n) is 12.9. The van der Waals surface area contributed by atoms with Gasteiger partial charge in [0.05, 0.1) is 7.11 Å². The average molecular weight is 280 g/mol. The van der Waals surface area contributed by atoms with Crippen molar-refractivity contribution in [1.82, 2.24) is 10.2 Å². The van der Waals surface area contributed by atoms with Crippen molar-refractivity contribution in [2.45, 2.75) is 57.0 Å². The first kappa shape index (κ1) is 14.3. The van der Waals surface area contributed by atoms with Crippen LogP contribution < -0.4 is 5.32 Å². The van der Waals surface area contributed by atoms with Gasteiger partial charge in [0.25, 0.3) is 0 Å². The van der Waals surface area contributed by atoms with Gasteiger partial charge in [0.2, 0.25) is 0 Å². The van der Waals surface area contributed by atoms with E-state index in [0.29, 0.717) is 5.92 Å². The quantitative estimate of drug-likeness (QED) is 0.654. The Morgan fingerprint density at radius 2 is 1.95 bits per heavy atom. The van der Waals surface area contributed by atoms with E-state index in [2.05, 4.69) is 17.1 Å². The molecule has 0 radical (unpaired) electrons. The van der Waals surface area contributed by atoms with Gasteiger partial charge in [0, 0.05) is 19.1 Å². The predicted octanol–water partition coefficient (Wildman–Crippen LogP) is 1.79. The molecule has 0 aromatic rings. The van der Waals surface area contributed by atoms with Crippen molar-refractivity contribution in [3.63, 3.8) is 0 Å². The number of hydrogen-bond acceptors (Lipinski definition) is 4. The van der Waals surface area contributed by atoms with Crippen molar-refractivity contribution in [3.05, 3.63) is 0 Å². The first-order valence-electron chi connectivity index (χ1n) is 8.27. The minimum absolute atomic E-state index is 0.0525. The third-order valence-electron chi connectivity index (χ3n) is 5.02. The van der Waals surface area contributed by atoms with Gasteiger partial charge in [-0.05, 0) is 56.9 Å². The van der Waals surface area contributed by atoms with Crippen molar-refractivity contribution in [3.8, 4) is 0 Å². The third-order valence-corrected chi connectivity index (χ3v) is 5.02. The Morgan fingerprint density at radius 1 is 1.25 bits per heavy atom. The molecule has 1 atom stereocenters. The number of esters is 1. The Kier molecular flexibility index (Phi) is 4.04. The monoisotopic (exact) mass is 280 g/mol. The molecule has 0 bridgehead atoms. The normalized spacial score (nSPS) is 25.6. The number of likely N-dealkylation sites (N-methyl/N-ethyl adjacent to an activating group) is 1. The average Bonchev–Trinajstić information content (AvgIpc) is 3.31. The summed E-state index contributed by atoms with van der Waals surface area (Å²) in [5.74, 6) is 1.30. The molecule has 3 aliphatic carbocycles. The largest absolute Gasteiger partial charge is 0.468 e. The number of nitrogens with zero attached hydrogens (tertiary/aromatic N) is 1. The molecule has 0 aliphatic heterocycles. The van der Waals surface area contributed by atoms with Crippen LogP contribution in [0.25, 0.3) is 0 Å². The fourth-order valence-electron chi connectivity index (χ4n) is 3.44. The Morgan fingerprint density at radius 3 is 2.40 bits per heavy atom. The fraction of sp³-hybridized carbons (Fsp3) is 0.938. The van der Waals surface area contributed by atoms with Crippen LogP contribution >= 0.6 is 0 Å². The molecule has 3 saturated carbocycles. The predicted molar refractivity (Wildman–Crippen MR) is 78.5 cm³/mol. The molecular formula is C16H28N2O2. The highest BCUT2D eigenvalue weighted by Crippen LogP contribution is 2.43. The van der Waals surface area contributed by atoms with Crippen LogP contribution in [0.2, 0.25) is 0 Å². The molecule has 0 saturated heterocycles. The van der Waals surface area contributed by atoms with Gasteiger partial charge in [0.15, 0.2) is 0 Å². The molecule has 114 valence electrons. The van der Waals surface area contributed by atoms with Crippen molar-refractivity contribution in [2.75, 3.05) is 26.7 Å². The minimum atomic E-state index is -0.457. The zero-order chi connectivity index (χ0) is 14.2. The van der Waals surface area contributed by atoms with Crippen molar-refractivity contribution < 1.29 is 9.53 Å². The Bertz CT molecular complexity index is 361. The number of methoxy groups -OCH3 is 1. The van der Waals surface area contributed by atoms with E-state index in [1.807, 2.05) is 0 Å². The second-order valence-electron chi connectivity index (χ2n) is 6.87. The third kappa shape index (κ3) is 3.01. The molecule has 0 heterocycles. The maximum absolute atomic E-state index is 12.5. The molecule has 3 rings (SSSR count). The van der Waals surface area contributed by atoms with E-state index in [-0.39, 0.29) is 5.97 Å². The molecule has 4 nitrogen and oxygen atoms in total. The molecule has 3 fully saturated rings. The molecule has 20 heavy (non-hydrogen) atoms. The van der Waals surface area contributed by atoms with E-state index in [0.717, 1.165) is 37.9 Å². The van der Waals surface area contributed by atoms with E-state index in [1.54, 1.807) is 0 Å². The van der Waals surface area contributed by atoms with Crippen molar-refractivity contribution >= 4 is 5.97 Å². The molecule has 3 aliphatic rings. The van der Waals surface area contributed by atoms with Gasteiger partial charge in [-0.15, -0.1) is 0 Å². The number of rotatable bonds is 9. The lowest BCUT2D eigenvalue weighted by Crippen LogP contribution is -2.61. The number of carbonyl (C=O) groups excluding carboxylic acids is 1. The summed E-state index contributed by atoms with van der Waals surface area (Å²) in [6.45, 7) is 4.94. The summed E-state index contributed by atoms with van der Waals surface area (Å²) in [5, 5.41) is 3.50. The summed E-state index contributed by atoms with van der Waals surface area (Å²) >= 11 is 0. The molecular weight excluding hydrogens is 252 g/mol. The molecule has 1 unspecified atom stereocenters. The van der Waals surface area contributed by atoms with Crippen LogP contribution in [0.15, 0.2) is 0 Å². The van der Waals surface area contributed by atoms with E-state index in [4.69, 9.17) is 4.74 Å². The molecule has 4 heteroatoms. The highest BCUT2D eigenvalue weighted by Gasteiger charge is 2.53. The number of nitrogens with one attached hydrogen (secondary N) is 1. The van der Waals surface area contributed by atoms with Gasteiger partial charge in [-0.1, -0.05) is 6.92 Å². The van der Waals surface area contributed by atoms with E-state index < -0.39 is 5.54 Å². The standard InChI is InChI=1S/C16H28N2O2/c1-3-17-16(13-6-7-13,15(19)20-2)11-18(14-8-9-14)10-12-4-5-12/h12-14,17H,3-11H2,1-2H3. The Balaban J connectivity index is 1.73. The van der Waals surface area contributed by atoms with Crippen LogP contribution in [-0.2, 0) is 9.53 Å². The summed E-state index contributed by atoms with van der Waals surface area (Å²) in [6, 6.07) is 0.719. The molecule has 0 aromatic heterocycles. The van der Waals surface area contributed by atoms with Gasteiger partial charge in [-0.2, -0.15) is 0 Å². The second kappa shape index (κ2) is 5.64. The highest BCUT2D eigenvalue weighted by atomic mass is 16.5. The van der Waals surface area contributed by atoms with Crippen LogP contribution in [0.5, 0.6) is 0 Å². The maximum Gasteiger partial charge on any atom is 0.327 e. The maximum atomic E-state index is 12.5. The topological polar surface area (TPSA) is 41.6 Å². The summed E-state index contributed by atoms with van der Waals surface area (Å²) in [4.78, 5) is 15.1. The summed E-state index contributed by atoms with van der Waals surface area (Å²) in [6.07, 6.45) is 7.67. The van der Waals surface area contributed by atoms with Crippen LogP contribution in [0.3, 0.4) is 0 Å². The smallest absolute Gasteiger partial charge is 0.327 e. The van der Waals surface area contributed by atoms with Crippen LogP contribution in [0, 0.1) is 11.8 Å². The summed E-state index contributed by atoms with van der Waals surface area (Å²) in [5.41, 5.74) is -0.457. The van der Waals surface area contributed by atoms with E-state index in [1.165, 1.54) is 39.3 Å². The SMILES string of the molecule is CCNC(CN(CC1CC1)C1CC1)(C(=O)OC)C1CC1. The van der Waals surface area contributed by atoms with Crippen LogP contribution in [0.4, 0.5) is 0 Å². The fourth-order valence-corrected chi connectivity index (χ4v) is 3.44. The number of carbonyl (C=O) groups is 1. The number of hydrogen-bond donors (Lipinski definition) is 1. The molecule has 0 spiro atoms. The minimum Gasteiger partial charge on any atom is -0.468 e. The van der Waals surface area contributed by atoms with Gasteiger partial charge in [0.1, 0.15) is 5.54 Å². The zero-order valence-corrected chi connectivity index (χ0v) is 12.9. The van der Waals surface area contributed by atoms with E-state index in [9.17, 15) is 4.79 Å². The second-order valence-corrected chi connectivity index (χ2v) is 6.87. The molecule has 1 N–H and O–H groups in total. The summed E-state index contributed by atoms with van der Waals surface area (Å²) < 4.78 is 5.16. The molecule has 0 amide bonds. The van der Waals surface area contributed by atoms with Gasteiger partial charge < -0.3 is 10.1 Å². The van der Waals surface area contributed by atoms with Gasteiger partial charge in [-0.3, -0.25) is 4.90 Å². The van der Waals surface area contributed by atoms with Gasteiger partial charge >= 0.3 is 5.97 Å². The van der Waals surface area contributed by atoms with E-state index >= 15 is 0 Å². The Labute approximate surface area is 122 Å². The van der Waals surface area contributed by atoms with Crippen molar-refractivity contribution in [1.29, 1.82) is 0 Å². The number of ether oxygens (including phenoxy) is 1. The van der Waals surface area contributed by atoms with Crippen molar-refractivity contribution in [2.24, 2.45) is 11.8 Å². The Hall–Kier alpha value is -0.610. The lowest BCUT2D eigenvalue weighted by molar-refractivity contribution is -0.151. The lowest BCUT2D eigenvalue weighted by Gasteiger charge is -2.37. The lowest BCUT2D eigenvalue weighted by atomic mass is 9.91. The van der Waals surface area contributed by atoms with Crippen LogP contribution in [0.1, 0.15) is 45.4 Å².